The molecule has 0 radical (unpaired) electrons. The number of rotatable bonds is 8. The zero-order valence-electron chi connectivity index (χ0n) is 20.9. The smallest absolute Gasteiger partial charge is 0.275 e. The number of amides is 2. The van der Waals surface area contributed by atoms with Crippen LogP contribution < -0.4 is 15.0 Å². The summed E-state index contributed by atoms with van der Waals surface area (Å²) >= 11 is 2.70. The number of hydrogen-bond donors (Lipinski definition) is 1. The summed E-state index contributed by atoms with van der Waals surface area (Å²) in [5.74, 6) is 0.928. The fourth-order valence-electron chi connectivity index (χ4n) is 4.62. The SMILES string of the molecule is COc1cc(-c2cc(N(C(=O)[C@H]3CC[C@H](C)CC3)C(C)C)c(C=O)s2)ccc1NC(=O)c1cscn1. The van der Waals surface area contributed by atoms with Crippen LogP contribution in [0.2, 0.25) is 0 Å². The molecule has 1 saturated carbocycles. The summed E-state index contributed by atoms with van der Waals surface area (Å²) in [7, 11) is 1.54. The summed E-state index contributed by atoms with van der Waals surface area (Å²) in [5, 5.41) is 4.51. The molecule has 36 heavy (non-hydrogen) atoms. The zero-order valence-corrected chi connectivity index (χ0v) is 22.6. The standard InChI is InChI=1S/C27H31N3O4S2/c1-16(2)30(27(33)18-7-5-17(3)6-8-18)22-12-24(36-25(22)13-31)19-9-10-20(23(11-19)34-4)29-26(32)21-14-35-15-28-21/h9-18H,5-8H2,1-4H3,(H,29,32)/t17-,18-. The van der Waals surface area contributed by atoms with Crippen LogP contribution in [0.1, 0.15) is 66.6 Å². The van der Waals surface area contributed by atoms with Crippen LogP contribution in [0.4, 0.5) is 11.4 Å². The molecule has 4 rings (SSSR count). The van der Waals surface area contributed by atoms with Crippen LogP contribution in [0, 0.1) is 11.8 Å². The van der Waals surface area contributed by atoms with Crippen molar-refractivity contribution in [3.8, 4) is 16.2 Å². The van der Waals surface area contributed by atoms with E-state index in [9.17, 15) is 14.4 Å². The lowest BCUT2D eigenvalue weighted by Gasteiger charge is -2.33. The van der Waals surface area contributed by atoms with Gasteiger partial charge in [-0.25, -0.2) is 4.98 Å². The molecule has 3 aromatic rings. The monoisotopic (exact) mass is 525 g/mol. The third-order valence-electron chi connectivity index (χ3n) is 6.62. The number of nitrogens with zero attached hydrogens (tertiary/aromatic N) is 2. The van der Waals surface area contributed by atoms with E-state index in [0.717, 1.165) is 42.4 Å². The van der Waals surface area contributed by atoms with Crippen molar-refractivity contribution in [3.63, 3.8) is 0 Å². The Bertz CT molecular complexity index is 1230. The first kappa shape index (κ1) is 26.0. The van der Waals surface area contributed by atoms with Gasteiger partial charge in [-0.1, -0.05) is 13.0 Å². The van der Waals surface area contributed by atoms with E-state index in [4.69, 9.17) is 4.74 Å². The van der Waals surface area contributed by atoms with Crippen molar-refractivity contribution in [1.29, 1.82) is 0 Å². The van der Waals surface area contributed by atoms with Crippen molar-refractivity contribution in [2.45, 2.75) is 52.5 Å². The number of thiophene rings is 1. The molecule has 0 saturated heterocycles. The maximum absolute atomic E-state index is 13.6. The highest BCUT2D eigenvalue weighted by atomic mass is 32.1. The van der Waals surface area contributed by atoms with Gasteiger partial charge < -0.3 is 15.0 Å². The number of aromatic nitrogens is 1. The van der Waals surface area contributed by atoms with Crippen LogP contribution in [0.15, 0.2) is 35.2 Å². The molecule has 1 N–H and O–H groups in total. The Balaban J connectivity index is 1.62. The maximum atomic E-state index is 13.6. The van der Waals surface area contributed by atoms with Crippen molar-refractivity contribution >= 4 is 52.1 Å². The molecule has 7 nitrogen and oxygen atoms in total. The average molecular weight is 526 g/mol. The molecule has 0 unspecified atom stereocenters. The van der Waals surface area contributed by atoms with Gasteiger partial charge in [0.2, 0.25) is 5.91 Å². The van der Waals surface area contributed by atoms with Gasteiger partial charge >= 0.3 is 0 Å². The van der Waals surface area contributed by atoms with E-state index in [2.05, 4.69) is 17.2 Å². The number of thiazole rings is 1. The van der Waals surface area contributed by atoms with E-state index in [1.165, 1.54) is 22.7 Å². The molecule has 1 aliphatic rings. The van der Waals surface area contributed by atoms with Gasteiger partial charge in [-0.3, -0.25) is 14.4 Å². The summed E-state index contributed by atoms with van der Waals surface area (Å²) in [6.07, 6.45) is 4.73. The van der Waals surface area contributed by atoms with E-state index in [0.29, 0.717) is 33.6 Å². The van der Waals surface area contributed by atoms with Crippen LogP contribution >= 0.6 is 22.7 Å². The van der Waals surface area contributed by atoms with Crippen molar-refractivity contribution < 1.29 is 19.1 Å². The number of methoxy groups -OCH3 is 1. The van der Waals surface area contributed by atoms with Gasteiger partial charge in [0.05, 0.1) is 28.9 Å². The molecule has 1 aromatic carbocycles. The number of benzene rings is 1. The number of ether oxygens (including phenoxy) is 1. The van der Waals surface area contributed by atoms with Crippen LogP contribution in [-0.4, -0.2) is 36.2 Å². The lowest BCUT2D eigenvalue weighted by Crippen LogP contribution is -2.42. The summed E-state index contributed by atoms with van der Waals surface area (Å²) in [6.45, 7) is 6.21. The predicted octanol–water partition coefficient (Wildman–Crippen LogP) is 6.51. The molecule has 1 fully saturated rings. The maximum Gasteiger partial charge on any atom is 0.275 e. The second-order valence-electron chi connectivity index (χ2n) is 9.48. The third-order valence-corrected chi connectivity index (χ3v) is 8.31. The molecule has 2 heterocycles. The summed E-state index contributed by atoms with van der Waals surface area (Å²) in [5.41, 5.74) is 3.96. The molecule has 9 heteroatoms. The number of hydrogen-bond acceptors (Lipinski definition) is 7. The van der Waals surface area contributed by atoms with Gasteiger partial charge in [0.25, 0.3) is 5.91 Å². The van der Waals surface area contributed by atoms with Crippen molar-refractivity contribution in [3.05, 3.63) is 45.7 Å². The fraction of sp³-hybridized carbons (Fsp3) is 0.407. The van der Waals surface area contributed by atoms with Gasteiger partial charge in [0, 0.05) is 22.2 Å². The molecule has 2 aromatic heterocycles. The average Bonchev–Trinajstić information content (AvgIpc) is 3.55. The number of carbonyl (C=O) groups is 3. The Kier molecular flexibility index (Phi) is 8.21. The first-order chi connectivity index (χ1) is 17.3. The van der Waals surface area contributed by atoms with E-state index >= 15 is 0 Å². The van der Waals surface area contributed by atoms with Crippen LogP contribution in [0.25, 0.3) is 10.4 Å². The number of aldehydes is 1. The Morgan fingerprint density at radius 1 is 1.19 bits per heavy atom. The topological polar surface area (TPSA) is 88.6 Å². The first-order valence-electron chi connectivity index (χ1n) is 12.1. The largest absolute Gasteiger partial charge is 0.495 e. The Hall–Kier alpha value is -3.04. The molecule has 1 aliphatic carbocycles. The molecular formula is C27H31N3O4S2. The Morgan fingerprint density at radius 2 is 1.94 bits per heavy atom. The number of nitrogens with one attached hydrogen (secondary N) is 1. The van der Waals surface area contributed by atoms with Crippen molar-refractivity contribution in [2.75, 3.05) is 17.3 Å². The molecular weight excluding hydrogens is 494 g/mol. The molecule has 2 amide bonds. The van der Waals surface area contributed by atoms with Gasteiger partial charge in [-0.05, 0) is 69.2 Å². The minimum atomic E-state index is -0.313. The van der Waals surface area contributed by atoms with E-state index in [-0.39, 0.29) is 23.8 Å². The van der Waals surface area contributed by atoms with E-state index < -0.39 is 0 Å². The van der Waals surface area contributed by atoms with Crippen LogP contribution in [0.5, 0.6) is 5.75 Å². The fourth-order valence-corrected chi connectivity index (χ4v) is 6.12. The second kappa shape index (κ2) is 11.3. The normalized spacial score (nSPS) is 17.6. The Morgan fingerprint density at radius 3 is 2.56 bits per heavy atom. The van der Waals surface area contributed by atoms with Crippen LogP contribution in [-0.2, 0) is 4.79 Å². The lowest BCUT2D eigenvalue weighted by molar-refractivity contribution is -0.123. The Labute approximate surface area is 219 Å². The third kappa shape index (κ3) is 5.52. The highest BCUT2D eigenvalue weighted by molar-refractivity contribution is 7.17. The lowest BCUT2D eigenvalue weighted by atomic mass is 9.82. The molecule has 0 spiro atoms. The van der Waals surface area contributed by atoms with Gasteiger partial charge in [-0.15, -0.1) is 22.7 Å². The van der Waals surface area contributed by atoms with Crippen molar-refractivity contribution in [1.82, 2.24) is 4.98 Å². The summed E-state index contributed by atoms with van der Waals surface area (Å²) in [4.78, 5) is 45.2. The number of anilines is 2. The number of carbonyl (C=O) groups excluding carboxylic acids is 3. The zero-order chi connectivity index (χ0) is 25.8. The van der Waals surface area contributed by atoms with Gasteiger partial charge in [0.15, 0.2) is 6.29 Å². The van der Waals surface area contributed by atoms with Gasteiger partial charge in [0.1, 0.15) is 11.4 Å². The molecule has 190 valence electrons. The van der Waals surface area contributed by atoms with Gasteiger partial charge in [-0.2, -0.15) is 0 Å². The predicted molar refractivity (Wildman–Crippen MR) is 146 cm³/mol. The molecule has 0 atom stereocenters. The van der Waals surface area contributed by atoms with Crippen molar-refractivity contribution in [2.24, 2.45) is 11.8 Å². The minimum Gasteiger partial charge on any atom is -0.495 e. The summed E-state index contributed by atoms with van der Waals surface area (Å²) in [6, 6.07) is 7.31. The van der Waals surface area contributed by atoms with E-state index in [1.807, 2.05) is 32.0 Å². The highest BCUT2D eigenvalue weighted by Gasteiger charge is 2.32. The summed E-state index contributed by atoms with van der Waals surface area (Å²) < 4.78 is 5.54. The quantitative estimate of drug-likeness (QED) is 0.339. The highest BCUT2D eigenvalue weighted by Crippen LogP contribution is 2.41. The van der Waals surface area contributed by atoms with Crippen LogP contribution in [0.3, 0.4) is 0 Å². The molecule has 0 bridgehead atoms. The molecule has 0 aliphatic heterocycles. The first-order valence-corrected chi connectivity index (χ1v) is 13.9. The van der Waals surface area contributed by atoms with E-state index in [1.54, 1.807) is 29.0 Å². The second-order valence-corrected chi connectivity index (χ2v) is 11.3. The minimum absolute atomic E-state index is 0.00726.